The molecule has 0 aliphatic rings. The molecule has 2 aromatic rings. The van der Waals surface area contributed by atoms with Crippen LogP contribution in [0.3, 0.4) is 0 Å². The molecule has 0 spiro atoms. The van der Waals surface area contributed by atoms with Crippen LogP contribution in [0.15, 0.2) is 41.3 Å². The van der Waals surface area contributed by atoms with E-state index in [1.54, 1.807) is 0 Å². The number of anilines is 1. The summed E-state index contributed by atoms with van der Waals surface area (Å²) in [6.07, 6.45) is 0. The monoisotopic (exact) mass is 317 g/mol. The molecule has 0 unspecified atom stereocenters. The van der Waals surface area contributed by atoms with Crippen molar-refractivity contribution in [2.75, 3.05) is 5.73 Å². The van der Waals surface area contributed by atoms with E-state index < -0.39 is 27.2 Å². The van der Waals surface area contributed by atoms with Crippen LogP contribution in [0.5, 0.6) is 0 Å². The summed E-state index contributed by atoms with van der Waals surface area (Å²) in [6, 6.07) is 6.85. The highest BCUT2D eigenvalue weighted by molar-refractivity contribution is 7.90. The molecule has 2 aromatic carbocycles. The summed E-state index contributed by atoms with van der Waals surface area (Å²) in [5.41, 5.74) is 6.25. The van der Waals surface area contributed by atoms with Gasteiger partial charge >= 0.3 is 0 Å². The van der Waals surface area contributed by atoms with Crippen LogP contribution in [0.25, 0.3) is 0 Å². The average Bonchev–Trinajstić information content (AvgIpc) is 2.36. The van der Waals surface area contributed by atoms with Gasteiger partial charge in [-0.3, -0.25) is 0 Å². The van der Waals surface area contributed by atoms with Crippen LogP contribution in [0, 0.1) is 11.6 Å². The van der Waals surface area contributed by atoms with E-state index in [-0.39, 0.29) is 10.6 Å². The highest BCUT2D eigenvalue weighted by Gasteiger charge is 2.18. The van der Waals surface area contributed by atoms with Crippen LogP contribution in [0.4, 0.5) is 14.5 Å². The summed E-state index contributed by atoms with van der Waals surface area (Å²) >= 11 is 5.72. The Kier molecular flexibility index (Phi) is 3.96. The molecule has 2 N–H and O–H groups in total. The molecule has 20 heavy (non-hydrogen) atoms. The maximum absolute atomic E-state index is 13.1. The fraction of sp³-hybridized carbons (Fsp3) is 0.0769. The third kappa shape index (κ3) is 3.08. The first-order valence-electron chi connectivity index (χ1n) is 5.51. The third-order valence-corrected chi connectivity index (χ3v) is 4.60. The predicted molar refractivity (Wildman–Crippen MR) is 73.1 cm³/mol. The van der Waals surface area contributed by atoms with Gasteiger partial charge in [0.15, 0.2) is 21.5 Å². The van der Waals surface area contributed by atoms with Crippen molar-refractivity contribution in [1.82, 2.24) is 0 Å². The molecule has 2 rings (SSSR count). The summed E-state index contributed by atoms with van der Waals surface area (Å²) in [5, 5.41) is 0.386. The molecule has 0 heterocycles. The van der Waals surface area contributed by atoms with Crippen molar-refractivity contribution >= 4 is 27.1 Å². The minimum atomic E-state index is -3.82. The molecular weight excluding hydrogens is 308 g/mol. The second-order valence-electron chi connectivity index (χ2n) is 4.18. The fourth-order valence-electron chi connectivity index (χ4n) is 1.66. The molecule has 0 amide bonds. The van der Waals surface area contributed by atoms with E-state index in [4.69, 9.17) is 17.3 Å². The van der Waals surface area contributed by atoms with E-state index in [9.17, 15) is 17.2 Å². The Hall–Kier alpha value is -1.66. The van der Waals surface area contributed by atoms with Gasteiger partial charge in [-0.2, -0.15) is 0 Å². The lowest BCUT2D eigenvalue weighted by molar-refractivity contribution is 0.504. The molecule has 0 aliphatic heterocycles. The van der Waals surface area contributed by atoms with Crippen LogP contribution >= 0.6 is 11.6 Å². The van der Waals surface area contributed by atoms with Gasteiger partial charge in [0, 0.05) is 10.7 Å². The summed E-state index contributed by atoms with van der Waals surface area (Å²) in [7, 11) is -3.82. The van der Waals surface area contributed by atoms with Crippen LogP contribution in [-0.4, -0.2) is 8.42 Å². The largest absolute Gasteiger partial charge is 0.398 e. The number of rotatable bonds is 3. The normalized spacial score (nSPS) is 11.6. The zero-order valence-electron chi connectivity index (χ0n) is 10.1. The molecule has 0 aliphatic carbocycles. The molecule has 0 saturated heterocycles. The highest BCUT2D eigenvalue weighted by Crippen LogP contribution is 2.24. The summed E-state index contributed by atoms with van der Waals surface area (Å²) < 4.78 is 50.2. The molecule has 3 nitrogen and oxygen atoms in total. The van der Waals surface area contributed by atoms with E-state index >= 15 is 0 Å². The lowest BCUT2D eigenvalue weighted by atomic mass is 10.2. The Morgan fingerprint density at radius 3 is 2.35 bits per heavy atom. The fourth-order valence-corrected chi connectivity index (χ4v) is 3.23. The standard InChI is InChI=1S/C13H10ClF2NO2S/c14-9-2-1-8(13(17)5-9)7-20(18,19)10-3-4-11(15)12(16)6-10/h1-6H,7,17H2. The number of halogens is 3. The number of nitrogen functional groups attached to an aromatic ring is 1. The molecule has 7 heteroatoms. The van der Waals surface area contributed by atoms with Crippen LogP contribution in [0.1, 0.15) is 5.56 Å². The van der Waals surface area contributed by atoms with Crippen molar-refractivity contribution < 1.29 is 17.2 Å². The molecule has 106 valence electrons. The van der Waals surface area contributed by atoms with E-state index in [1.807, 2.05) is 0 Å². The van der Waals surface area contributed by atoms with Gasteiger partial charge < -0.3 is 5.73 Å². The number of sulfone groups is 1. The SMILES string of the molecule is Nc1cc(Cl)ccc1CS(=O)(=O)c1ccc(F)c(F)c1. The van der Waals surface area contributed by atoms with Crippen molar-refractivity contribution in [1.29, 1.82) is 0 Å². The first-order valence-corrected chi connectivity index (χ1v) is 7.54. The van der Waals surface area contributed by atoms with Gasteiger partial charge in [0.1, 0.15) is 0 Å². The topological polar surface area (TPSA) is 60.2 Å². The lowest BCUT2D eigenvalue weighted by Gasteiger charge is -2.08. The van der Waals surface area contributed by atoms with Gasteiger partial charge in [-0.15, -0.1) is 0 Å². The maximum Gasteiger partial charge on any atom is 0.182 e. The molecule has 0 radical (unpaired) electrons. The van der Waals surface area contributed by atoms with E-state index in [2.05, 4.69) is 0 Å². The van der Waals surface area contributed by atoms with Gasteiger partial charge in [0.2, 0.25) is 0 Å². The zero-order valence-corrected chi connectivity index (χ0v) is 11.7. The van der Waals surface area contributed by atoms with Gasteiger partial charge in [0.25, 0.3) is 0 Å². The Labute approximate surface area is 119 Å². The maximum atomic E-state index is 13.1. The molecule has 0 atom stereocenters. The van der Waals surface area contributed by atoms with Gasteiger partial charge in [-0.25, -0.2) is 17.2 Å². The lowest BCUT2D eigenvalue weighted by Crippen LogP contribution is -2.07. The molecule has 0 fully saturated rings. The van der Waals surface area contributed by atoms with Crippen LogP contribution in [-0.2, 0) is 15.6 Å². The Balaban J connectivity index is 2.38. The number of benzene rings is 2. The van der Waals surface area contributed by atoms with Gasteiger partial charge in [-0.05, 0) is 35.9 Å². The molecule has 0 aromatic heterocycles. The number of hydrogen-bond donors (Lipinski definition) is 1. The number of nitrogens with two attached hydrogens (primary N) is 1. The Bertz CT molecular complexity index is 763. The predicted octanol–water partition coefficient (Wildman–Crippen LogP) is 3.17. The quantitative estimate of drug-likeness (QED) is 0.698. The second-order valence-corrected chi connectivity index (χ2v) is 6.60. The summed E-state index contributed by atoms with van der Waals surface area (Å²) in [5.74, 6) is -2.73. The van der Waals surface area contributed by atoms with Gasteiger partial charge in [0.05, 0.1) is 10.6 Å². The smallest absolute Gasteiger partial charge is 0.182 e. The molecular formula is C13H10ClF2NO2S. The second kappa shape index (κ2) is 5.38. The number of hydrogen-bond acceptors (Lipinski definition) is 3. The summed E-state index contributed by atoms with van der Waals surface area (Å²) in [4.78, 5) is -0.300. The Morgan fingerprint density at radius 1 is 1.05 bits per heavy atom. The van der Waals surface area contributed by atoms with Crippen LogP contribution < -0.4 is 5.73 Å². The first kappa shape index (κ1) is 14.7. The molecule has 0 saturated carbocycles. The van der Waals surface area contributed by atoms with Crippen LogP contribution in [0.2, 0.25) is 5.02 Å². The van der Waals surface area contributed by atoms with Crippen molar-refractivity contribution in [3.05, 3.63) is 58.6 Å². The average molecular weight is 318 g/mol. The molecule has 0 bridgehead atoms. The van der Waals surface area contributed by atoms with Gasteiger partial charge in [-0.1, -0.05) is 17.7 Å². The minimum absolute atomic E-state index is 0.226. The minimum Gasteiger partial charge on any atom is -0.398 e. The zero-order chi connectivity index (χ0) is 14.9. The summed E-state index contributed by atoms with van der Waals surface area (Å²) in [6.45, 7) is 0. The van der Waals surface area contributed by atoms with E-state index in [0.717, 1.165) is 12.1 Å². The third-order valence-electron chi connectivity index (χ3n) is 2.70. The van der Waals surface area contributed by atoms with Crippen molar-refractivity contribution in [2.24, 2.45) is 0 Å². The van der Waals surface area contributed by atoms with Crippen molar-refractivity contribution in [3.63, 3.8) is 0 Å². The highest BCUT2D eigenvalue weighted by atomic mass is 35.5. The van der Waals surface area contributed by atoms with E-state index in [1.165, 1.54) is 18.2 Å². The van der Waals surface area contributed by atoms with Crippen molar-refractivity contribution in [3.8, 4) is 0 Å². The van der Waals surface area contributed by atoms with E-state index in [0.29, 0.717) is 16.7 Å². The Morgan fingerprint density at radius 2 is 1.75 bits per heavy atom. The first-order chi connectivity index (χ1) is 9.29. The van der Waals surface area contributed by atoms with Crippen molar-refractivity contribution in [2.45, 2.75) is 10.6 Å².